The molecule has 0 saturated carbocycles. The molecule has 0 bridgehead atoms. The van der Waals surface area contributed by atoms with Crippen LogP contribution >= 0.6 is 11.3 Å². The second-order valence-corrected chi connectivity index (χ2v) is 6.32. The van der Waals surface area contributed by atoms with Crippen molar-refractivity contribution in [3.8, 4) is 0 Å². The summed E-state index contributed by atoms with van der Waals surface area (Å²) < 4.78 is 5.88. The number of aryl methyl sites for hydroxylation is 2. The number of ether oxygens (including phenoxy) is 1. The van der Waals surface area contributed by atoms with Crippen molar-refractivity contribution in [3.05, 3.63) is 40.4 Å². The molecule has 3 heterocycles. The minimum Gasteiger partial charge on any atom is -0.376 e. The van der Waals surface area contributed by atoms with Crippen LogP contribution in [0.25, 0.3) is 0 Å². The van der Waals surface area contributed by atoms with E-state index >= 15 is 0 Å². The van der Waals surface area contributed by atoms with Crippen LogP contribution in [0.5, 0.6) is 0 Å². The van der Waals surface area contributed by atoms with E-state index in [1.54, 1.807) is 17.7 Å². The molecule has 1 aliphatic rings. The van der Waals surface area contributed by atoms with Crippen molar-refractivity contribution in [2.24, 2.45) is 0 Å². The summed E-state index contributed by atoms with van der Waals surface area (Å²) in [5, 5.41) is 3.21. The van der Waals surface area contributed by atoms with Crippen LogP contribution in [-0.4, -0.2) is 45.7 Å². The maximum Gasteiger partial charge on any atom is 0.115 e. The third-order valence-corrected chi connectivity index (χ3v) is 4.41. The Morgan fingerprint density at radius 3 is 3.14 bits per heavy atom. The summed E-state index contributed by atoms with van der Waals surface area (Å²) in [6, 6.07) is 2.05. The highest BCUT2D eigenvalue weighted by Gasteiger charge is 2.21. The minimum atomic E-state index is 0.286. The lowest BCUT2D eigenvalue weighted by molar-refractivity contribution is -0.0346. The van der Waals surface area contributed by atoms with Gasteiger partial charge in [-0.1, -0.05) is 0 Å². The maximum atomic E-state index is 5.88. The summed E-state index contributed by atoms with van der Waals surface area (Å²) >= 11 is 1.72. The van der Waals surface area contributed by atoms with Crippen LogP contribution in [0.2, 0.25) is 0 Å². The van der Waals surface area contributed by atoms with Crippen LogP contribution < -0.4 is 0 Å². The fourth-order valence-electron chi connectivity index (χ4n) is 2.58. The number of morpholine rings is 1. The number of hydrogen-bond acceptors (Lipinski definition) is 6. The topological polar surface area (TPSA) is 51.1 Å². The van der Waals surface area contributed by atoms with Crippen molar-refractivity contribution in [1.29, 1.82) is 0 Å². The van der Waals surface area contributed by atoms with Gasteiger partial charge >= 0.3 is 0 Å². The quantitative estimate of drug-likeness (QED) is 0.846. The molecule has 3 rings (SSSR count). The molecule has 1 atom stereocenters. The monoisotopic (exact) mass is 304 g/mol. The van der Waals surface area contributed by atoms with E-state index < -0.39 is 0 Å². The lowest BCUT2D eigenvalue weighted by Gasteiger charge is -2.32. The Bertz CT molecular complexity index is 561. The van der Waals surface area contributed by atoms with Gasteiger partial charge in [0.2, 0.25) is 0 Å². The van der Waals surface area contributed by atoms with Gasteiger partial charge in [0.05, 0.1) is 19.3 Å². The highest BCUT2D eigenvalue weighted by Crippen LogP contribution is 2.15. The Balaban J connectivity index is 1.49. The van der Waals surface area contributed by atoms with E-state index in [2.05, 4.69) is 25.9 Å². The molecular weight excluding hydrogens is 284 g/mol. The molecule has 0 radical (unpaired) electrons. The Morgan fingerprint density at radius 2 is 2.33 bits per heavy atom. The van der Waals surface area contributed by atoms with Crippen molar-refractivity contribution >= 4 is 11.3 Å². The molecule has 0 aromatic carbocycles. The second kappa shape index (κ2) is 7.06. The van der Waals surface area contributed by atoms with Gasteiger partial charge in [0.1, 0.15) is 11.3 Å². The van der Waals surface area contributed by atoms with E-state index in [0.29, 0.717) is 0 Å². The molecule has 2 aromatic rings. The predicted molar refractivity (Wildman–Crippen MR) is 82.2 cm³/mol. The zero-order valence-corrected chi connectivity index (χ0v) is 13.1. The average Bonchev–Trinajstić information content (AvgIpc) is 2.99. The largest absolute Gasteiger partial charge is 0.376 e. The number of aromatic nitrogens is 3. The molecule has 0 unspecified atom stereocenters. The van der Waals surface area contributed by atoms with Crippen LogP contribution in [0.15, 0.2) is 24.0 Å². The molecule has 1 aliphatic heterocycles. The van der Waals surface area contributed by atoms with Crippen molar-refractivity contribution in [1.82, 2.24) is 19.9 Å². The van der Waals surface area contributed by atoms with Crippen LogP contribution in [0.3, 0.4) is 0 Å². The van der Waals surface area contributed by atoms with E-state index in [0.717, 1.165) is 50.5 Å². The molecule has 0 N–H and O–H groups in total. The van der Waals surface area contributed by atoms with E-state index in [1.165, 1.54) is 5.01 Å². The van der Waals surface area contributed by atoms with E-state index in [9.17, 15) is 0 Å². The van der Waals surface area contributed by atoms with Gasteiger partial charge in [-0.25, -0.2) is 15.0 Å². The van der Waals surface area contributed by atoms with Crippen LogP contribution in [0.1, 0.15) is 22.8 Å². The molecule has 112 valence electrons. The van der Waals surface area contributed by atoms with Gasteiger partial charge in [-0.15, -0.1) is 11.3 Å². The standard InChI is InChI=1S/C15H20N4OS/c1-12-8-13(18-11-17-12)2-3-14-9-19(5-6-20-14)10-15-16-4-7-21-15/h4,7-8,11,14H,2-3,5-6,9-10H2,1H3/t14-/m1/s1. The maximum absolute atomic E-state index is 5.88. The third kappa shape index (κ3) is 4.30. The van der Waals surface area contributed by atoms with E-state index in [-0.39, 0.29) is 6.10 Å². The van der Waals surface area contributed by atoms with Crippen molar-refractivity contribution < 1.29 is 4.74 Å². The first-order valence-electron chi connectivity index (χ1n) is 7.29. The van der Waals surface area contributed by atoms with Crippen LogP contribution in [-0.2, 0) is 17.7 Å². The number of nitrogens with zero attached hydrogens (tertiary/aromatic N) is 4. The summed E-state index contributed by atoms with van der Waals surface area (Å²) in [6.45, 7) is 5.70. The number of hydrogen-bond donors (Lipinski definition) is 0. The highest BCUT2D eigenvalue weighted by molar-refractivity contribution is 7.09. The third-order valence-electron chi connectivity index (χ3n) is 3.65. The van der Waals surface area contributed by atoms with Crippen LogP contribution in [0.4, 0.5) is 0 Å². The summed E-state index contributed by atoms with van der Waals surface area (Å²) in [7, 11) is 0. The van der Waals surface area contributed by atoms with E-state index in [1.807, 2.05) is 18.5 Å². The van der Waals surface area contributed by atoms with Gasteiger partial charge in [-0.3, -0.25) is 4.90 Å². The lowest BCUT2D eigenvalue weighted by Crippen LogP contribution is -2.42. The fourth-order valence-corrected chi connectivity index (χ4v) is 3.23. The van der Waals surface area contributed by atoms with Crippen molar-refractivity contribution in [2.45, 2.75) is 32.4 Å². The van der Waals surface area contributed by atoms with Crippen LogP contribution in [0, 0.1) is 6.92 Å². The lowest BCUT2D eigenvalue weighted by atomic mass is 10.1. The average molecular weight is 304 g/mol. The zero-order chi connectivity index (χ0) is 14.5. The molecule has 0 amide bonds. The zero-order valence-electron chi connectivity index (χ0n) is 12.2. The first-order valence-corrected chi connectivity index (χ1v) is 8.17. The first-order chi connectivity index (χ1) is 10.3. The van der Waals surface area contributed by atoms with Gasteiger partial charge in [-0.05, 0) is 25.8 Å². The minimum absolute atomic E-state index is 0.286. The van der Waals surface area contributed by atoms with Crippen molar-refractivity contribution in [2.75, 3.05) is 19.7 Å². The molecule has 1 saturated heterocycles. The van der Waals surface area contributed by atoms with Gasteiger partial charge in [0, 0.05) is 36.1 Å². The smallest absolute Gasteiger partial charge is 0.115 e. The first kappa shape index (κ1) is 14.6. The van der Waals surface area contributed by atoms with Gasteiger partial charge in [-0.2, -0.15) is 0 Å². The van der Waals surface area contributed by atoms with Gasteiger partial charge in [0.25, 0.3) is 0 Å². The molecule has 5 nitrogen and oxygen atoms in total. The predicted octanol–water partition coefficient (Wildman–Crippen LogP) is 2.08. The molecule has 21 heavy (non-hydrogen) atoms. The van der Waals surface area contributed by atoms with E-state index in [4.69, 9.17) is 4.74 Å². The van der Waals surface area contributed by atoms with Gasteiger partial charge in [0.15, 0.2) is 0 Å². The Kier molecular flexibility index (Phi) is 4.90. The highest BCUT2D eigenvalue weighted by atomic mass is 32.1. The fraction of sp³-hybridized carbons (Fsp3) is 0.533. The summed E-state index contributed by atoms with van der Waals surface area (Å²) in [5.74, 6) is 0. The summed E-state index contributed by atoms with van der Waals surface area (Å²) in [6.07, 6.45) is 5.74. The molecular formula is C15H20N4OS. The Labute approximate surface area is 129 Å². The molecule has 2 aromatic heterocycles. The normalized spacial score (nSPS) is 19.8. The number of rotatable bonds is 5. The molecule has 0 spiro atoms. The molecule has 1 fully saturated rings. The Hall–Kier alpha value is -1.37. The molecule has 6 heteroatoms. The SMILES string of the molecule is Cc1cc(CC[C@@H]2CN(Cc3nccs3)CCO2)ncn1. The summed E-state index contributed by atoms with van der Waals surface area (Å²) in [5.41, 5.74) is 2.12. The Morgan fingerprint density at radius 1 is 1.38 bits per heavy atom. The van der Waals surface area contributed by atoms with Gasteiger partial charge < -0.3 is 4.74 Å². The molecule has 0 aliphatic carbocycles. The van der Waals surface area contributed by atoms with Crippen molar-refractivity contribution in [3.63, 3.8) is 0 Å². The second-order valence-electron chi connectivity index (χ2n) is 5.34. The summed E-state index contributed by atoms with van der Waals surface area (Å²) in [4.78, 5) is 15.2. The number of thiazole rings is 1.